The summed E-state index contributed by atoms with van der Waals surface area (Å²) in [5.74, 6) is 1.11. The van der Waals surface area contributed by atoms with E-state index in [9.17, 15) is 4.79 Å². The van der Waals surface area contributed by atoms with E-state index in [1.807, 2.05) is 30.0 Å². The maximum Gasteiger partial charge on any atom is 0.229 e. The third-order valence-electron chi connectivity index (χ3n) is 4.96. The second-order valence-corrected chi connectivity index (χ2v) is 7.84. The van der Waals surface area contributed by atoms with Gasteiger partial charge in [-0.05, 0) is 25.0 Å². The Morgan fingerprint density at radius 1 is 1.28 bits per heavy atom. The van der Waals surface area contributed by atoms with Crippen LogP contribution in [-0.4, -0.2) is 53.5 Å². The molecule has 2 aliphatic rings. The molecule has 3 heterocycles. The van der Waals surface area contributed by atoms with Gasteiger partial charge in [0.15, 0.2) is 0 Å². The fourth-order valence-electron chi connectivity index (χ4n) is 3.58. The minimum absolute atomic E-state index is 0.0531. The van der Waals surface area contributed by atoms with E-state index in [1.165, 1.54) is 0 Å². The van der Waals surface area contributed by atoms with Gasteiger partial charge in [-0.1, -0.05) is 18.2 Å². The Morgan fingerprint density at radius 3 is 2.84 bits per heavy atom. The number of nitrogens with zero attached hydrogens (tertiary/aromatic N) is 3. The lowest BCUT2D eigenvalue weighted by molar-refractivity contribution is -0.138. The van der Waals surface area contributed by atoms with Crippen LogP contribution in [0.2, 0.25) is 0 Å². The summed E-state index contributed by atoms with van der Waals surface area (Å²) in [6.45, 7) is 6.81. The first-order valence-corrected chi connectivity index (χ1v) is 9.70. The Hall–Kier alpha value is -1.92. The molecule has 0 spiro atoms. The molecule has 2 aromatic rings. The van der Waals surface area contributed by atoms with Crippen molar-refractivity contribution in [3.05, 3.63) is 45.9 Å². The van der Waals surface area contributed by atoms with Gasteiger partial charge >= 0.3 is 0 Å². The number of thiazole rings is 1. The molecule has 4 rings (SSSR count). The van der Waals surface area contributed by atoms with Crippen LogP contribution in [0.3, 0.4) is 0 Å². The number of rotatable bonds is 3. The largest absolute Gasteiger partial charge is 0.492 e. The number of hydrogen-bond donors (Lipinski definition) is 0. The number of benzene rings is 1. The lowest BCUT2D eigenvalue weighted by Crippen LogP contribution is -2.51. The molecule has 1 amide bonds. The summed E-state index contributed by atoms with van der Waals surface area (Å²) in [5, 5.41) is 3.24. The Morgan fingerprint density at radius 2 is 2.08 bits per heavy atom. The van der Waals surface area contributed by atoms with E-state index < -0.39 is 0 Å². The van der Waals surface area contributed by atoms with E-state index in [-0.39, 0.29) is 11.8 Å². The van der Waals surface area contributed by atoms with Crippen LogP contribution in [0.15, 0.2) is 29.6 Å². The molecule has 132 valence electrons. The van der Waals surface area contributed by atoms with Crippen LogP contribution < -0.4 is 4.74 Å². The molecule has 0 bridgehead atoms. The van der Waals surface area contributed by atoms with Crippen molar-refractivity contribution < 1.29 is 9.53 Å². The van der Waals surface area contributed by atoms with Crippen molar-refractivity contribution in [3.8, 4) is 5.75 Å². The van der Waals surface area contributed by atoms with Crippen molar-refractivity contribution in [3.63, 3.8) is 0 Å². The van der Waals surface area contributed by atoms with Crippen LogP contribution in [0.4, 0.5) is 0 Å². The molecule has 25 heavy (non-hydrogen) atoms. The molecule has 0 aliphatic carbocycles. The van der Waals surface area contributed by atoms with Crippen LogP contribution in [0.1, 0.15) is 16.3 Å². The van der Waals surface area contributed by atoms with Gasteiger partial charge in [0.25, 0.3) is 0 Å². The first-order valence-electron chi connectivity index (χ1n) is 8.82. The Kier molecular flexibility index (Phi) is 4.72. The summed E-state index contributed by atoms with van der Waals surface area (Å²) in [6, 6.07) is 8.02. The van der Waals surface area contributed by atoms with Crippen LogP contribution >= 0.6 is 11.3 Å². The van der Waals surface area contributed by atoms with Gasteiger partial charge in [0.2, 0.25) is 5.91 Å². The van der Waals surface area contributed by atoms with E-state index in [2.05, 4.69) is 21.3 Å². The molecule has 1 saturated heterocycles. The maximum atomic E-state index is 12.8. The Bertz CT molecular complexity index is 753. The first-order chi connectivity index (χ1) is 12.2. The zero-order valence-corrected chi connectivity index (χ0v) is 15.3. The molecule has 0 saturated carbocycles. The zero-order chi connectivity index (χ0) is 17.2. The second-order valence-electron chi connectivity index (χ2n) is 6.78. The normalized spacial score (nSPS) is 20.8. The Balaban J connectivity index is 1.31. The van der Waals surface area contributed by atoms with Crippen LogP contribution in [0, 0.1) is 12.8 Å². The molecule has 2 aliphatic heterocycles. The average Bonchev–Trinajstić information content (AvgIpc) is 3.06. The molecule has 0 radical (unpaired) electrons. The number of para-hydroxylation sites is 1. The molecular weight excluding hydrogens is 334 g/mol. The number of aromatic nitrogens is 1. The summed E-state index contributed by atoms with van der Waals surface area (Å²) < 4.78 is 5.79. The number of carbonyl (C=O) groups excluding carboxylic acids is 1. The monoisotopic (exact) mass is 357 g/mol. The molecule has 0 N–H and O–H groups in total. The highest BCUT2D eigenvalue weighted by molar-refractivity contribution is 7.09. The summed E-state index contributed by atoms with van der Waals surface area (Å²) >= 11 is 1.70. The van der Waals surface area contributed by atoms with Gasteiger partial charge < -0.3 is 9.64 Å². The maximum absolute atomic E-state index is 12.8. The minimum Gasteiger partial charge on any atom is -0.492 e. The van der Waals surface area contributed by atoms with E-state index >= 15 is 0 Å². The fraction of sp³-hybridized carbons (Fsp3) is 0.474. The lowest BCUT2D eigenvalue weighted by atomic mass is 9.95. The molecular formula is C19H23N3O2S. The van der Waals surface area contributed by atoms with Crippen molar-refractivity contribution in [1.82, 2.24) is 14.8 Å². The predicted molar refractivity (Wildman–Crippen MR) is 97.8 cm³/mol. The smallest absolute Gasteiger partial charge is 0.229 e. The van der Waals surface area contributed by atoms with Gasteiger partial charge in [-0.25, -0.2) is 4.98 Å². The van der Waals surface area contributed by atoms with E-state index in [1.54, 1.807) is 11.3 Å². The Labute approximate surface area is 152 Å². The molecule has 5 nitrogen and oxygen atoms in total. The molecule has 1 atom stereocenters. The second kappa shape index (κ2) is 7.14. The molecule has 6 heteroatoms. The highest BCUT2D eigenvalue weighted by atomic mass is 32.1. The van der Waals surface area contributed by atoms with Crippen LogP contribution in [-0.2, 0) is 17.8 Å². The van der Waals surface area contributed by atoms with Crippen LogP contribution in [0.5, 0.6) is 5.75 Å². The van der Waals surface area contributed by atoms with Gasteiger partial charge in [-0.15, -0.1) is 11.3 Å². The van der Waals surface area contributed by atoms with Crippen molar-refractivity contribution in [2.24, 2.45) is 5.92 Å². The molecule has 0 unspecified atom stereocenters. The summed E-state index contributed by atoms with van der Waals surface area (Å²) in [5.41, 5.74) is 2.28. The summed E-state index contributed by atoms with van der Waals surface area (Å²) in [4.78, 5) is 21.8. The van der Waals surface area contributed by atoms with Gasteiger partial charge in [0.1, 0.15) is 12.4 Å². The number of aryl methyl sites for hydroxylation is 1. The zero-order valence-electron chi connectivity index (χ0n) is 14.5. The molecule has 1 aromatic carbocycles. The van der Waals surface area contributed by atoms with E-state index in [0.29, 0.717) is 6.61 Å². The number of fused-ring (bicyclic) bond motifs is 1. The quantitative estimate of drug-likeness (QED) is 0.846. The molecule has 1 fully saturated rings. The average molecular weight is 357 g/mol. The van der Waals surface area contributed by atoms with Crippen molar-refractivity contribution in [2.45, 2.75) is 19.9 Å². The van der Waals surface area contributed by atoms with Gasteiger partial charge in [-0.2, -0.15) is 0 Å². The van der Waals surface area contributed by atoms with E-state index in [4.69, 9.17) is 4.74 Å². The van der Waals surface area contributed by atoms with Crippen molar-refractivity contribution in [2.75, 3.05) is 32.8 Å². The predicted octanol–water partition coefficient (Wildman–Crippen LogP) is 2.35. The van der Waals surface area contributed by atoms with Gasteiger partial charge in [0, 0.05) is 38.1 Å². The lowest BCUT2D eigenvalue weighted by Gasteiger charge is -2.37. The number of amides is 1. The summed E-state index contributed by atoms with van der Waals surface area (Å²) in [6.07, 6.45) is 0.785. The summed E-state index contributed by atoms with van der Waals surface area (Å²) in [7, 11) is 0. The third-order valence-corrected chi connectivity index (χ3v) is 5.79. The standard InChI is InChI=1S/C19H23N3O2S/c1-14-20-17(13-25-14)11-21-6-8-22(9-7-21)19(23)16-10-15-4-2-3-5-18(15)24-12-16/h2-5,13,16H,6-12H2,1H3/t16-/m0/s1. The van der Waals surface area contributed by atoms with Gasteiger partial charge in [-0.3, -0.25) is 9.69 Å². The van der Waals surface area contributed by atoms with E-state index in [0.717, 1.165) is 61.2 Å². The van der Waals surface area contributed by atoms with Crippen LogP contribution in [0.25, 0.3) is 0 Å². The number of hydrogen-bond acceptors (Lipinski definition) is 5. The third kappa shape index (κ3) is 3.70. The van der Waals surface area contributed by atoms with Crippen molar-refractivity contribution >= 4 is 17.2 Å². The van der Waals surface area contributed by atoms with Crippen molar-refractivity contribution in [1.29, 1.82) is 0 Å². The first kappa shape index (κ1) is 16.5. The highest BCUT2D eigenvalue weighted by Gasteiger charge is 2.31. The minimum atomic E-state index is -0.0531. The topological polar surface area (TPSA) is 45.7 Å². The highest BCUT2D eigenvalue weighted by Crippen LogP contribution is 2.28. The fourth-order valence-corrected chi connectivity index (χ4v) is 4.18. The number of ether oxygens (including phenoxy) is 1. The SMILES string of the molecule is Cc1nc(CN2CCN(C(=O)[C@@H]3COc4ccccc4C3)CC2)cs1. The molecule has 1 aromatic heterocycles. The number of carbonyl (C=O) groups is 1. The van der Waals surface area contributed by atoms with Gasteiger partial charge in [0.05, 0.1) is 16.6 Å². The number of piperazine rings is 1.